The van der Waals surface area contributed by atoms with Crippen molar-refractivity contribution in [2.24, 2.45) is 0 Å². The van der Waals surface area contributed by atoms with Crippen LogP contribution in [0.25, 0.3) is 0 Å². The van der Waals surface area contributed by atoms with Gasteiger partial charge in [-0.2, -0.15) is 0 Å². The van der Waals surface area contributed by atoms with Gasteiger partial charge in [0.2, 0.25) is 0 Å². The van der Waals surface area contributed by atoms with Crippen LogP contribution in [0.15, 0.2) is 47.4 Å². The van der Waals surface area contributed by atoms with Gasteiger partial charge < -0.3 is 9.47 Å². The number of carbonyl (C=O) groups is 1. The van der Waals surface area contributed by atoms with Crippen molar-refractivity contribution in [3.05, 3.63) is 53.1 Å². The summed E-state index contributed by atoms with van der Waals surface area (Å²) >= 11 is 7.71. The molecule has 1 aliphatic rings. The Hall–Kier alpha value is -1.85. The zero-order valence-corrected chi connectivity index (χ0v) is 16.5. The van der Waals surface area contributed by atoms with Crippen molar-refractivity contribution in [2.75, 3.05) is 17.7 Å². The molecule has 3 rings (SSSR count). The van der Waals surface area contributed by atoms with Crippen molar-refractivity contribution in [2.45, 2.75) is 37.2 Å². The lowest BCUT2D eigenvalue weighted by atomic mass is 9.94. The first kappa shape index (κ1) is 18.9. The van der Waals surface area contributed by atoms with Crippen molar-refractivity contribution < 1.29 is 14.3 Å². The maximum atomic E-state index is 11.5. The Morgan fingerprint density at radius 3 is 2.69 bits per heavy atom. The first-order valence-corrected chi connectivity index (χ1v) is 9.96. The van der Waals surface area contributed by atoms with E-state index >= 15 is 0 Å². The molecule has 6 heteroatoms. The van der Waals surface area contributed by atoms with Gasteiger partial charge in [0.15, 0.2) is 0 Å². The molecule has 0 bridgehead atoms. The average Bonchev–Trinajstić information content (AvgIpc) is 2.59. The van der Waals surface area contributed by atoms with Gasteiger partial charge in [0, 0.05) is 15.5 Å². The highest BCUT2D eigenvalue weighted by molar-refractivity contribution is 7.99. The molecule has 0 saturated heterocycles. The van der Waals surface area contributed by atoms with E-state index in [0.717, 1.165) is 40.6 Å². The second-order valence-electron chi connectivity index (χ2n) is 6.59. The zero-order valence-electron chi connectivity index (χ0n) is 14.9. The molecule has 1 heterocycles. The quantitative estimate of drug-likeness (QED) is 0.458. The standard InChI is InChI=1S/C20H22ClNO3S/c1-20(2)17-13-15(7-10-18(17)22-19(23)25-20)24-11-3-4-12-26-16-8-5-14(21)6-9-16/h5-10,13H,3-4,11-12H2,1-2H3,(H,22,23). The van der Waals surface area contributed by atoms with E-state index in [-0.39, 0.29) is 0 Å². The fourth-order valence-corrected chi connectivity index (χ4v) is 3.80. The smallest absolute Gasteiger partial charge is 0.412 e. The molecule has 1 N–H and O–H groups in total. The van der Waals surface area contributed by atoms with E-state index in [4.69, 9.17) is 21.1 Å². The molecule has 0 unspecified atom stereocenters. The number of fused-ring (bicyclic) bond motifs is 1. The molecule has 138 valence electrons. The molecule has 0 fully saturated rings. The summed E-state index contributed by atoms with van der Waals surface area (Å²) in [5.41, 5.74) is 1.04. The zero-order chi connectivity index (χ0) is 18.6. The van der Waals surface area contributed by atoms with Crippen LogP contribution in [0.2, 0.25) is 5.02 Å². The van der Waals surface area contributed by atoms with E-state index in [9.17, 15) is 4.79 Å². The summed E-state index contributed by atoms with van der Waals surface area (Å²) in [6.07, 6.45) is 1.63. The molecule has 0 atom stereocenters. The topological polar surface area (TPSA) is 47.6 Å². The third-order valence-corrected chi connectivity index (χ3v) is 5.46. The molecule has 2 aromatic carbocycles. The third kappa shape index (κ3) is 4.86. The highest BCUT2D eigenvalue weighted by Crippen LogP contribution is 2.37. The van der Waals surface area contributed by atoms with Gasteiger partial charge in [-0.1, -0.05) is 11.6 Å². The summed E-state index contributed by atoms with van der Waals surface area (Å²) in [4.78, 5) is 12.8. The minimum absolute atomic E-state index is 0.422. The number of hydrogen-bond donors (Lipinski definition) is 1. The lowest BCUT2D eigenvalue weighted by Crippen LogP contribution is -2.34. The van der Waals surface area contributed by atoms with Crippen LogP contribution in [-0.4, -0.2) is 18.5 Å². The molecule has 0 saturated carbocycles. The van der Waals surface area contributed by atoms with Gasteiger partial charge in [0.05, 0.1) is 12.3 Å². The number of rotatable bonds is 7. The lowest BCUT2D eigenvalue weighted by Gasteiger charge is -2.32. The molecule has 0 radical (unpaired) electrons. The Bertz CT molecular complexity index is 777. The molecule has 0 spiro atoms. The SMILES string of the molecule is CC1(C)OC(=O)Nc2ccc(OCCCCSc3ccc(Cl)cc3)cc21. The summed E-state index contributed by atoms with van der Waals surface area (Å²) in [5.74, 6) is 1.84. The molecule has 1 aliphatic heterocycles. The van der Waals surface area contributed by atoms with E-state index in [0.29, 0.717) is 6.61 Å². The van der Waals surface area contributed by atoms with Crippen LogP contribution in [0.4, 0.5) is 10.5 Å². The maximum absolute atomic E-state index is 11.5. The fourth-order valence-electron chi connectivity index (χ4n) is 2.76. The molecule has 2 aromatic rings. The number of carbonyl (C=O) groups excluding carboxylic acids is 1. The number of hydrogen-bond acceptors (Lipinski definition) is 4. The molecule has 1 amide bonds. The molecule has 4 nitrogen and oxygen atoms in total. The van der Waals surface area contributed by atoms with Crippen molar-refractivity contribution in [3.8, 4) is 5.75 Å². The molecule has 26 heavy (non-hydrogen) atoms. The minimum Gasteiger partial charge on any atom is -0.494 e. The van der Waals surface area contributed by atoms with E-state index < -0.39 is 11.7 Å². The fraction of sp³-hybridized carbons (Fsp3) is 0.350. The summed E-state index contributed by atoms with van der Waals surface area (Å²) in [6.45, 7) is 4.41. The van der Waals surface area contributed by atoms with Crippen molar-refractivity contribution >= 4 is 35.1 Å². The van der Waals surface area contributed by atoms with Gasteiger partial charge in [-0.15, -0.1) is 11.8 Å². The summed E-state index contributed by atoms with van der Waals surface area (Å²) in [7, 11) is 0. The minimum atomic E-state index is -0.660. The van der Waals surface area contributed by atoms with E-state index in [2.05, 4.69) is 5.32 Å². The van der Waals surface area contributed by atoms with E-state index in [1.807, 2.05) is 68.1 Å². The average molecular weight is 392 g/mol. The van der Waals surface area contributed by atoms with Crippen LogP contribution in [-0.2, 0) is 10.3 Å². The number of ether oxygens (including phenoxy) is 2. The Morgan fingerprint density at radius 2 is 1.92 bits per heavy atom. The summed E-state index contributed by atoms with van der Waals surface area (Å²) in [6, 6.07) is 13.6. The first-order valence-electron chi connectivity index (χ1n) is 8.60. The Kier molecular flexibility index (Phi) is 5.99. The second-order valence-corrected chi connectivity index (χ2v) is 8.19. The largest absolute Gasteiger partial charge is 0.494 e. The van der Waals surface area contributed by atoms with E-state index in [1.165, 1.54) is 4.90 Å². The molecule has 0 aliphatic carbocycles. The number of cyclic esters (lactones) is 1. The van der Waals surface area contributed by atoms with Crippen LogP contribution >= 0.6 is 23.4 Å². The normalized spacial score (nSPS) is 15.0. The molecular weight excluding hydrogens is 370 g/mol. The van der Waals surface area contributed by atoms with Gasteiger partial charge in [-0.05, 0) is 74.9 Å². The number of unbranched alkanes of at least 4 members (excludes halogenated alkanes) is 1. The number of nitrogens with one attached hydrogen (secondary N) is 1. The number of thioether (sulfide) groups is 1. The second kappa shape index (κ2) is 8.23. The summed E-state index contributed by atoms with van der Waals surface area (Å²) < 4.78 is 11.2. The van der Waals surface area contributed by atoms with Gasteiger partial charge in [0.1, 0.15) is 11.4 Å². The monoisotopic (exact) mass is 391 g/mol. The van der Waals surface area contributed by atoms with Crippen molar-refractivity contribution in [3.63, 3.8) is 0 Å². The third-order valence-electron chi connectivity index (χ3n) is 4.11. The Balaban J connectivity index is 1.44. The number of anilines is 1. The van der Waals surface area contributed by atoms with Gasteiger partial charge in [0.25, 0.3) is 0 Å². The highest BCUT2D eigenvalue weighted by atomic mass is 35.5. The number of halogens is 1. The Morgan fingerprint density at radius 1 is 1.15 bits per heavy atom. The predicted molar refractivity (Wildman–Crippen MR) is 106 cm³/mol. The lowest BCUT2D eigenvalue weighted by molar-refractivity contribution is 0.0418. The number of amides is 1. The van der Waals surface area contributed by atoms with E-state index in [1.54, 1.807) is 0 Å². The van der Waals surface area contributed by atoms with Crippen LogP contribution in [0.5, 0.6) is 5.75 Å². The molecule has 0 aromatic heterocycles. The van der Waals surface area contributed by atoms with Gasteiger partial charge in [-0.25, -0.2) is 4.79 Å². The van der Waals surface area contributed by atoms with Gasteiger partial charge in [-0.3, -0.25) is 5.32 Å². The predicted octanol–water partition coefficient (Wildman–Crippen LogP) is 6.09. The van der Waals surface area contributed by atoms with Gasteiger partial charge >= 0.3 is 6.09 Å². The van der Waals surface area contributed by atoms with Crippen LogP contribution in [0, 0.1) is 0 Å². The Labute approximate surface area is 163 Å². The number of benzene rings is 2. The van der Waals surface area contributed by atoms with Crippen molar-refractivity contribution in [1.82, 2.24) is 0 Å². The summed E-state index contributed by atoms with van der Waals surface area (Å²) in [5, 5.41) is 3.48. The highest BCUT2D eigenvalue weighted by Gasteiger charge is 2.33. The van der Waals surface area contributed by atoms with Crippen LogP contribution < -0.4 is 10.1 Å². The van der Waals surface area contributed by atoms with Crippen LogP contribution in [0.1, 0.15) is 32.3 Å². The molecular formula is C20H22ClNO3S. The maximum Gasteiger partial charge on any atom is 0.412 e. The van der Waals surface area contributed by atoms with Crippen LogP contribution in [0.3, 0.4) is 0 Å². The first-order chi connectivity index (χ1) is 12.4. The van der Waals surface area contributed by atoms with Crippen molar-refractivity contribution in [1.29, 1.82) is 0 Å².